The van der Waals surface area contributed by atoms with Gasteiger partial charge in [0.05, 0.1) is 21.3 Å². The number of carbonyl (C=O) groups excluding carboxylic acids is 1. The molecule has 3 aromatic rings. The van der Waals surface area contributed by atoms with Gasteiger partial charge in [-0.05, 0) is 78.3 Å². The normalized spacial score (nSPS) is 11.6. The number of nitrogens with one attached hydrogen (secondary N) is 2. The standard InChI is InChI=1S/C19H19BrN4O3S/c1-13(2)23-28(26,27)18-9-5-16(6-10-18)22-19(25)14-3-7-17(8-4-14)24-12-15(20)11-21-24/h3-13,23H,1-2H3,(H,22,25). The van der Waals surface area contributed by atoms with Crippen LogP contribution < -0.4 is 10.0 Å². The first-order valence-electron chi connectivity index (χ1n) is 8.49. The van der Waals surface area contributed by atoms with E-state index in [2.05, 4.69) is 31.1 Å². The molecule has 7 nitrogen and oxygen atoms in total. The highest BCUT2D eigenvalue weighted by Gasteiger charge is 2.15. The third-order valence-corrected chi connectivity index (χ3v) is 5.84. The monoisotopic (exact) mass is 462 g/mol. The van der Waals surface area contributed by atoms with Crippen LogP contribution in [0.1, 0.15) is 24.2 Å². The molecule has 1 aromatic heterocycles. The van der Waals surface area contributed by atoms with E-state index in [1.807, 2.05) is 6.20 Å². The molecule has 1 amide bonds. The highest BCUT2D eigenvalue weighted by Crippen LogP contribution is 2.17. The van der Waals surface area contributed by atoms with Gasteiger partial charge >= 0.3 is 0 Å². The van der Waals surface area contributed by atoms with Gasteiger partial charge in [0.25, 0.3) is 5.91 Å². The minimum absolute atomic E-state index is 0.147. The second kappa shape index (κ2) is 8.26. The number of halogens is 1. The molecule has 2 aromatic carbocycles. The van der Waals surface area contributed by atoms with Crippen LogP contribution in [0.4, 0.5) is 5.69 Å². The predicted molar refractivity (Wildman–Crippen MR) is 111 cm³/mol. The van der Waals surface area contributed by atoms with Gasteiger partial charge in [0, 0.05) is 23.5 Å². The van der Waals surface area contributed by atoms with Crippen molar-refractivity contribution in [2.75, 3.05) is 5.32 Å². The molecule has 28 heavy (non-hydrogen) atoms. The summed E-state index contributed by atoms with van der Waals surface area (Å²) >= 11 is 3.34. The fourth-order valence-corrected chi connectivity index (χ4v) is 4.04. The first-order chi connectivity index (χ1) is 13.2. The number of rotatable bonds is 6. The summed E-state index contributed by atoms with van der Waals surface area (Å²) in [6, 6.07) is 12.8. The molecule has 0 fully saturated rings. The summed E-state index contributed by atoms with van der Waals surface area (Å²) in [5, 5.41) is 6.95. The molecule has 0 saturated heterocycles. The van der Waals surface area contributed by atoms with Crippen molar-refractivity contribution in [1.82, 2.24) is 14.5 Å². The molecular weight excluding hydrogens is 444 g/mol. The van der Waals surface area contributed by atoms with Crippen LogP contribution in [-0.2, 0) is 10.0 Å². The first kappa shape index (κ1) is 20.2. The lowest BCUT2D eigenvalue weighted by atomic mass is 10.2. The van der Waals surface area contributed by atoms with E-state index in [4.69, 9.17) is 0 Å². The van der Waals surface area contributed by atoms with Crippen LogP contribution in [0.5, 0.6) is 0 Å². The average molecular weight is 463 g/mol. The number of aromatic nitrogens is 2. The van der Waals surface area contributed by atoms with Crippen molar-refractivity contribution in [1.29, 1.82) is 0 Å². The summed E-state index contributed by atoms with van der Waals surface area (Å²) in [5.74, 6) is -0.288. The molecule has 2 N–H and O–H groups in total. The van der Waals surface area contributed by atoms with Crippen LogP contribution in [-0.4, -0.2) is 30.1 Å². The van der Waals surface area contributed by atoms with Gasteiger partial charge in [-0.2, -0.15) is 5.10 Å². The molecule has 0 unspecified atom stereocenters. The Kier molecular flexibility index (Phi) is 5.97. The molecule has 0 aliphatic rings. The maximum absolute atomic E-state index is 12.4. The van der Waals surface area contributed by atoms with E-state index in [0.717, 1.165) is 10.2 Å². The Labute approximate surface area is 172 Å². The molecule has 0 saturated carbocycles. The minimum atomic E-state index is -3.56. The molecule has 0 bridgehead atoms. The third kappa shape index (κ3) is 4.86. The summed E-state index contributed by atoms with van der Waals surface area (Å²) in [6.45, 7) is 3.51. The summed E-state index contributed by atoms with van der Waals surface area (Å²) in [5.41, 5.74) is 1.82. The summed E-state index contributed by atoms with van der Waals surface area (Å²) in [4.78, 5) is 12.6. The maximum atomic E-state index is 12.4. The number of benzene rings is 2. The number of hydrogen-bond donors (Lipinski definition) is 2. The Morgan fingerprint density at radius 2 is 1.71 bits per heavy atom. The van der Waals surface area contributed by atoms with Gasteiger partial charge in [-0.25, -0.2) is 17.8 Å². The van der Waals surface area contributed by atoms with Crippen molar-refractivity contribution in [3.63, 3.8) is 0 Å². The molecule has 0 radical (unpaired) electrons. The van der Waals surface area contributed by atoms with Gasteiger partial charge in [0.2, 0.25) is 10.0 Å². The number of amides is 1. The van der Waals surface area contributed by atoms with Gasteiger partial charge in [-0.3, -0.25) is 4.79 Å². The Hall–Kier alpha value is -2.49. The van der Waals surface area contributed by atoms with Crippen LogP contribution in [0.15, 0.2) is 70.3 Å². The zero-order valence-electron chi connectivity index (χ0n) is 15.3. The smallest absolute Gasteiger partial charge is 0.255 e. The molecule has 0 aliphatic carbocycles. The number of carbonyl (C=O) groups is 1. The van der Waals surface area contributed by atoms with E-state index in [-0.39, 0.29) is 16.8 Å². The van der Waals surface area contributed by atoms with E-state index in [1.54, 1.807) is 61.1 Å². The van der Waals surface area contributed by atoms with Gasteiger partial charge in [-0.15, -0.1) is 0 Å². The first-order valence-corrected chi connectivity index (χ1v) is 10.8. The van der Waals surface area contributed by atoms with Crippen molar-refractivity contribution in [3.05, 3.63) is 71.0 Å². The van der Waals surface area contributed by atoms with E-state index in [9.17, 15) is 13.2 Å². The molecule has 0 spiro atoms. The Morgan fingerprint density at radius 3 is 2.25 bits per heavy atom. The molecule has 1 heterocycles. The van der Waals surface area contributed by atoms with Crippen molar-refractivity contribution in [2.45, 2.75) is 24.8 Å². The largest absolute Gasteiger partial charge is 0.322 e. The van der Waals surface area contributed by atoms with E-state index in [1.165, 1.54) is 12.1 Å². The molecular formula is C19H19BrN4O3S. The van der Waals surface area contributed by atoms with Crippen molar-refractivity contribution in [3.8, 4) is 5.69 Å². The van der Waals surface area contributed by atoms with Gasteiger partial charge in [0.15, 0.2) is 0 Å². The van der Waals surface area contributed by atoms with Gasteiger partial charge in [0.1, 0.15) is 0 Å². The Morgan fingerprint density at radius 1 is 1.07 bits per heavy atom. The van der Waals surface area contributed by atoms with Crippen molar-refractivity contribution in [2.24, 2.45) is 0 Å². The molecule has 9 heteroatoms. The van der Waals surface area contributed by atoms with Crippen LogP contribution >= 0.6 is 15.9 Å². The fraction of sp³-hybridized carbons (Fsp3) is 0.158. The second-order valence-corrected chi connectivity index (χ2v) is 9.03. The summed E-state index contributed by atoms with van der Waals surface area (Å²) < 4.78 is 29.4. The van der Waals surface area contributed by atoms with Crippen LogP contribution in [0.2, 0.25) is 0 Å². The molecule has 0 aliphatic heterocycles. The summed E-state index contributed by atoms with van der Waals surface area (Å²) in [6.07, 6.45) is 3.50. The van der Waals surface area contributed by atoms with Crippen molar-refractivity contribution >= 4 is 37.5 Å². The zero-order valence-corrected chi connectivity index (χ0v) is 17.7. The van der Waals surface area contributed by atoms with Crippen LogP contribution in [0.25, 0.3) is 5.69 Å². The Balaban J connectivity index is 1.69. The zero-order chi connectivity index (χ0) is 20.3. The summed E-state index contributed by atoms with van der Waals surface area (Å²) in [7, 11) is -3.56. The number of hydrogen-bond acceptors (Lipinski definition) is 4. The van der Waals surface area contributed by atoms with E-state index < -0.39 is 10.0 Å². The Bertz CT molecular complexity index is 1080. The number of nitrogens with zero attached hydrogens (tertiary/aromatic N) is 2. The lowest BCUT2D eigenvalue weighted by molar-refractivity contribution is 0.102. The number of sulfonamides is 1. The van der Waals surface area contributed by atoms with Gasteiger partial charge in [-0.1, -0.05) is 0 Å². The predicted octanol–water partition coefficient (Wildman–Crippen LogP) is 3.57. The molecule has 0 atom stereocenters. The highest BCUT2D eigenvalue weighted by molar-refractivity contribution is 9.10. The average Bonchev–Trinajstić information content (AvgIpc) is 3.07. The van der Waals surface area contributed by atoms with Crippen molar-refractivity contribution < 1.29 is 13.2 Å². The lowest BCUT2D eigenvalue weighted by Crippen LogP contribution is -2.30. The molecule has 146 valence electrons. The lowest BCUT2D eigenvalue weighted by Gasteiger charge is -2.10. The molecule has 3 rings (SSSR count). The topological polar surface area (TPSA) is 93.1 Å². The van der Waals surface area contributed by atoms with Crippen LogP contribution in [0.3, 0.4) is 0 Å². The second-order valence-electron chi connectivity index (χ2n) is 6.40. The fourth-order valence-electron chi connectivity index (χ4n) is 2.51. The van der Waals surface area contributed by atoms with E-state index >= 15 is 0 Å². The minimum Gasteiger partial charge on any atom is -0.322 e. The van der Waals surface area contributed by atoms with Gasteiger partial charge < -0.3 is 5.32 Å². The number of anilines is 1. The van der Waals surface area contributed by atoms with Crippen LogP contribution in [0, 0.1) is 0 Å². The van der Waals surface area contributed by atoms with E-state index in [0.29, 0.717) is 11.3 Å². The SMILES string of the molecule is CC(C)NS(=O)(=O)c1ccc(NC(=O)c2ccc(-n3cc(Br)cn3)cc2)cc1. The maximum Gasteiger partial charge on any atom is 0.255 e. The third-order valence-electron chi connectivity index (χ3n) is 3.76. The highest BCUT2D eigenvalue weighted by atomic mass is 79.9. The quantitative estimate of drug-likeness (QED) is 0.585.